The highest BCUT2D eigenvalue weighted by atomic mass is 32.2. The van der Waals surface area contributed by atoms with Gasteiger partial charge in [0.05, 0.1) is 17.9 Å². The van der Waals surface area contributed by atoms with Crippen LogP contribution in [0.2, 0.25) is 0 Å². The van der Waals surface area contributed by atoms with E-state index in [9.17, 15) is 8.42 Å². The molecule has 0 bridgehead atoms. The van der Waals surface area contributed by atoms with Crippen LogP contribution in [-0.2, 0) is 27.1 Å². The molecule has 0 heterocycles. The van der Waals surface area contributed by atoms with Crippen LogP contribution in [0.5, 0.6) is 0 Å². The second-order valence-electron chi connectivity index (χ2n) is 7.31. The van der Waals surface area contributed by atoms with Gasteiger partial charge in [-0.1, -0.05) is 24.3 Å². The number of guanidine groups is 1. The van der Waals surface area contributed by atoms with Crippen LogP contribution in [0.25, 0.3) is 0 Å². The van der Waals surface area contributed by atoms with E-state index in [-0.39, 0.29) is 17.4 Å². The van der Waals surface area contributed by atoms with Crippen molar-refractivity contribution >= 4 is 16.0 Å². The molecule has 0 radical (unpaired) electrons. The minimum atomic E-state index is -3.38. The van der Waals surface area contributed by atoms with E-state index >= 15 is 0 Å². The van der Waals surface area contributed by atoms with Gasteiger partial charge in [-0.05, 0) is 45.7 Å². The van der Waals surface area contributed by atoms with Crippen molar-refractivity contribution in [3.8, 4) is 0 Å². The molecule has 154 valence electrons. The minimum Gasteiger partial charge on any atom is -0.377 e. The molecule has 0 amide bonds. The van der Waals surface area contributed by atoms with Gasteiger partial charge in [-0.3, -0.25) is 0 Å². The van der Waals surface area contributed by atoms with Crippen molar-refractivity contribution in [2.24, 2.45) is 4.99 Å². The molecular formula is C19H34N4O3S. The van der Waals surface area contributed by atoms with Crippen molar-refractivity contribution in [2.45, 2.75) is 58.6 Å². The molecule has 0 unspecified atom stereocenters. The number of sulfonamides is 1. The van der Waals surface area contributed by atoms with Gasteiger partial charge in [0.25, 0.3) is 0 Å². The standard InChI is InChI=1S/C19H34N4O3S/c1-7-20-18(22-14-19(4,5)26-6)21-12-16-10-8-9-11-17(16)13-27(24,25)23-15(2)3/h8-11,15,23H,7,12-14H2,1-6H3,(H2,20,21,22). The van der Waals surface area contributed by atoms with Crippen LogP contribution >= 0.6 is 0 Å². The smallest absolute Gasteiger partial charge is 0.216 e. The Hall–Kier alpha value is -1.64. The predicted octanol–water partition coefficient (Wildman–Crippen LogP) is 1.99. The van der Waals surface area contributed by atoms with Gasteiger partial charge < -0.3 is 15.4 Å². The fourth-order valence-electron chi connectivity index (χ4n) is 2.33. The molecule has 1 aromatic carbocycles. The summed E-state index contributed by atoms with van der Waals surface area (Å²) in [5.74, 6) is 0.609. The number of nitrogens with zero attached hydrogens (tertiary/aromatic N) is 1. The second kappa shape index (κ2) is 10.6. The lowest BCUT2D eigenvalue weighted by Crippen LogP contribution is -2.45. The van der Waals surface area contributed by atoms with Crippen LogP contribution in [-0.4, -0.2) is 46.2 Å². The summed E-state index contributed by atoms with van der Waals surface area (Å²) in [4.78, 5) is 4.60. The van der Waals surface area contributed by atoms with Gasteiger partial charge in [0.15, 0.2) is 5.96 Å². The lowest BCUT2D eigenvalue weighted by molar-refractivity contribution is 0.0268. The molecule has 0 aliphatic carbocycles. The molecule has 7 nitrogen and oxygen atoms in total. The predicted molar refractivity (Wildman–Crippen MR) is 111 cm³/mol. The molecule has 27 heavy (non-hydrogen) atoms. The first-order valence-electron chi connectivity index (χ1n) is 9.22. The third kappa shape index (κ3) is 9.21. The normalized spacial score (nSPS) is 13.1. The van der Waals surface area contributed by atoms with Crippen LogP contribution in [0, 0.1) is 0 Å². The Morgan fingerprint density at radius 1 is 1.19 bits per heavy atom. The number of rotatable bonds is 10. The van der Waals surface area contributed by atoms with Crippen LogP contribution < -0.4 is 15.4 Å². The summed E-state index contributed by atoms with van der Waals surface area (Å²) in [7, 11) is -1.71. The van der Waals surface area contributed by atoms with E-state index in [4.69, 9.17) is 4.74 Å². The zero-order valence-electron chi connectivity index (χ0n) is 17.3. The summed E-state index contributed by atoms with van der Waals surface area (Å²) in [6.45, 7) is 11.3. The zero-order valence-corrected chi connectivity index (χ0v) is 18.1. The van der Waals surface area contributed by atoms with Gasteiger partial charge in [-0.15, -0.1) is 0 Å². The second-order valence-corrected chi connectivity index (χ2v) is 9.07. The average molecular weight is 399 g/mol. The Kier molecular flexibility index (Phi) is 9.21. The number of benzene rings is 1. The van der Waals surface area contributed by atoms with Gasteiger partial charge in [0, 0.05) is 26.2 Å². The first kappa shape index (κ1) is 23.4. The summed E-state index contributed by atoms with van der Waals surface area (Å²) in [5.41, 5.74) is 1.32. The molecule has 0 atom stereocenters. The Morgan fingerprint density at radius 2 is 1.81 bits per heavy atom. The number of methoxy groups -OCH3 is 1. The minimum absolute atomic E-state index is 0.0580. The Morgan fingerprint density at radius 3 is 2.37 bits per heavy atom. The van der Waals surface area contributed by atoms with Gasteiger partial charge in [-0.2, -0.15) is 0 Å². The van der Waals surface area contributed by atoms with E-state index in [1.165, 1.54) is 0 Å². The van der Waals surface area contributed by atoms with E-state index in [0.717, 1.165) is 17.7 Å². The van der Waals surface area contributed by atoms with Crippen molar-refractivity contribution in [1.82, 2.24) is 15.4 Å². The van der Waals surface area contributed by atoms with Gasteiger partial charge in [0.1, 0.15) is 0 Å². The fourth-order valence-corrected chi connectivity index (χ4v) is 3.83. The van der Waals surface area contributed by atoms with Gasteiger partial charge in [-0.25, -0.2) is 18.1 Å². The number of hydrogen-bond acceptors (Lipinski definition) is 4. The lowest BCUT2D eigenvalue weighted by Gasteiger charge is -2.24. The molecule has 0 fully saturated rings. The molecule has 1 aromatic rings. The molecule has 0 saturated heterocycles. The number of hydrogen-bond donors (Lipinski definition) is 3. The maximum absolute atomic E-state index is 12.3. The van der Waals surface area contributed by atoms with E-state index in [2.05, 4.69) is 20.3 Å². The summed E-state index contributed by atoms with van der Waals surface area (Å²) in [6, 6.07) is 7.35. The van der Waals surface area contributed by atoms with Crippen molar-refractivity contribution < 1.29 is 13.2 Å². The van der Waals surface area contributed by atoms with Gasteiger partial charge in [0.2, 0.25) is 10.0 Å². The van der Waals surface area contributed by atoms with Crippen LogP contribution in [0.4, 0.5) is 0 Å². The lowest BCUT2D eigenvalue weighted by atomic mass is 10.1. The SMILES string of the molecule is CCNC(=NCc1ccccc1CS(=O)(=O)NC(C)C)NCC(C)(C)OC. The molecule has 1 rings (SSSR count). The molecule has 0 aliphatic rings. The maximum Gasteiger partial charge on any atom is 0.216 e. The fraction of sp³-hybridized carbons (Fsp3) is 0.632. The monoisotopic (exact) mass is 398 g/mol. The van der Waals surface area contributed by atoms with Crippen LogP contribution in [0.3, 0.4) is 0 Å². The number of ether oxygens (including phenoxy) is 1. The molecule has 0 aliphatic heterocycles. The average Bonchev–Trinajstić information content (AvgIpc) is 2.57. The molecule has 8 heteroatoms. The largest absolute Gasteiger partial charge is 0.377 e. The molecule has 3 N–H and O–H groups in total. The van der Waals surface area contributed by atoms with Crippen molar-refractivity contribution in [3.63, 3.8) is 0 Å². The highest BCUT2D eigenvalue weighted by molar-refractivity contribution is 7.88. The van der Waals surface area contributed by atoms with Crippen LogP contribution in [0.1, 0.15) is 45.7 Å². The van der Waals surface area contributed by atoms with E-state index < -0.39 is 10.0 Å². The Balaban J connectivity index is 2.91. The Labute approximate surface area is 164 Å². The van der Waals surface area contributed by atoms with Crippen molar-refractivity contribution in [2.75, 3.05) is 20.2 Å². The summed E-state index contributed by atoms with van der Waals surface area (Å²) in [5, 5.41) is 6.46. The third-order valence-electron chi connectivity index (χ3n) is 3.87. The highest BCUT2D eigenvalue weighted by Gasteiger charge is 2.17. The highest BCUT2D eigenvalue weighted by Crippen LogP contribution is 2.14. The maximum atomic E-state index is 12.3. The molecule has 0 saturated carbocycles. The van der Waals surface area contributed by atoms with E-state index in [1.54, 1.807) is 7.11 Å². The molecule has 0 aromatic heterocycles. The molecular weight excluding hydrogens is 364 g/mol. The zero-order chi connectivity index (χ0) is 20.5. The van der Waals surface area contributed by atoms with E-state index in [0.29, 0.717) is 19.0 Å². The van der Waals surface area contributed by atoms with Crippen molar-refractivity contribution in [1.29, 1.82) is 0 Å². The van der Waals surface area contributed by atoms with Crippen molar-refractivity contribution in [3.05, 3.63) is 35.4 Å². The first-order valence-corrected chi connectivity index (χ1v) is 10.9. The summed E-state index contributed by atoms with van der Waals surface area (Å²) < 4.78 is 32.6. The third-order valence-corrected chi connectivity index (χ3v) is 5.39. The number of nitrogens with one attached hydrogen (secondary N) is 3. The first-order chi connectivity index (χ1) is 12.6. The molecule has 0 spiro atoms. The van der Waals surface area contributed by atoms with Gasteiger partial charge >= 0.3 is 0 Å². The Bertz CT molecular complexity index is 715. The summed E-state index contributed by atoms with van der Waals surface area (Å²) in [6.07, 6.45) is 0. The quantitative estimate of drug-likeness (QED) is 0.414. The summed E-state index contributed by atoms with van der Waals surface area (Å²) >= 11 is 0. The van der Waals surface area contributed by atoms with E-state index in [1.807, 2.05) is 58.9 Å². The van der Waals surface area contributed by atoms with Crippen LogP contribution in [0.15, 0.2) is 29.3 Å². The number of aliphatic imine (C=N–C) groups is 1. The topological polar surface area (TPSA) is 91.8 Å².